The Hall–Kier alpha value is -2.08. The number of carbonyl (C=O) groups is 1. The number of nitrogens with zero attached hydrogens (tertiary/aromatic N) is 1. The van der Waals surface area contributed by atoms with E-state index < -0.39 is 0 Å². The minimum atomic E-state index is -0.00301. The summed E-state index contributed by atoms with van der Waals surface area (Å²) in [5.74, 6) is 0.795. The van der Waals surface area contributed by atoms with Crippen molar-refractivity contribution in [3.05, 3.63) is 50.6 Å². The largest absolute Gasteiger partial charge is 0.497 e. The van der Waals surface area contributed by atoms with E-state index in [9.17, 15) is 9.59 Å². The van der Waals surface area contributed by atoms with Gasteiger partial charge in [-0.05, 0) is 31.0 Å². The van der Waals surface area contributed by atoms with E-state index in [0.717, 1.165) is 17.0 Å². The van der Waals surface area contributed by atoms with Crippen molar-refractivity contribution < 1.29 is 9.53 Å². The first-order valence-electron chi connectivity index (χ1n) is 7.14. The molecule has 0 saturated carbocycles. The van der Waals surface area contributed by atoms with Gasteiger partial charge in [0.25, 0.3) is 0 Å². The van der Waals surface area contributed by atoms with Gasteiger partial charge in [0.05, 0.1) is 7.11 Å². The van der Waals surface area contributed by atoms with Gasteiger partial charge in [-0.15, -0.1) is 0 Å². The van der Waals surface area contributed by atoms with Gasteiger partial charge in [0.2, 0.25) is 5.91 Å². The van der Waals surface area contributed by atoms with Gasteiger partial charge in [-0.1, -0.05) is 23.5 Å². The lowest BCUT2D eigenvalue weighted by molar-refractivity contribution is -0.121. The molecule has 0 bridgehead atoms. The van der Waals surface area contributed by atoms with E-state index in [2.05, 4.69) is 5.32 Å². The highest BCUT2D eigenvalue weighted by atomic mass is 32.1. The number of ether oxygens (including phenoxy) is 1. The molecule has 22 heavy (non-hydrogen) atoms. The average Bonchev–Trinajstić information content (AvgIpc) is 2.85. The van der Waals surface area contributed by atoms with E-state index in [4.69, 9.17) is 4.74 Å². The molecular weight excluding hydrogens is 300 g/mol. The highest BCUT2D eigenvalue weighted by Gasteiger charge is 2.05. The first-order chi connectivity index (χ1) is 10.6. The number of thiazole rings is 1. The van der Waals surface area contributed by atoms with Crippen LogP contribution in [0.4, 0.5) is 0 Å². The van der Waals surface area contributed by atoms with Crippen molar-refractivity contribution in [2.24, 2.45) is 0 Å². The lowest BCUT2D eigenvalue weighted by Gasteiger charge is -2.07. The number of amides is 1. The molecule has 5 nitrogen and oxygen atoms in total. The van der Waals surface area contributed by atoms with Crippen LogP contribution in [0.2, 0.25) is 0 Å². The molecule has 0 aliphatic heterocycles. The SMILES string of the molecule is COc1ccc(CNC(=O)CCCn2c(C)csc2=O)cc1. The third-order valence-electron chi connectivity index (χ3n) is 3.41. The van der Waals surface area contributed by atoms with Crippen molar-refractivity contribution in [2.75, 3.05) is 7.11 Å². The van der Waals surface area contributed by atoms with Crippen LogP contribution in [0.3, 0.4) is 0 Å². The topological polar surface area (TPSA) is 60.3 Å². The molecule has 1 heterocycles. The quantitative estimate of drug-likeness (QED) is 0.852. The van der Waals surface area contributed by atoms with Crippen molar-refractivity contribution >= 4 is 17.2 Å². The number of nitrogens with one attached hydrogen (secondary N) is 1. The van der Waals surface area contributed by atoms with Gasteiger partial charge in [0.1, 0.15) is 5.75 Å². The van der Waals surface area contributed by atoms with Crippen molar-refractivity contribution in [2.45, 2.75) is 32.9 Å². The number of carbonyl (C=O) groups excluding carboxylic acids is 1. The molecule has 0 aliphatic carbocycles. The van der Waals surface area contributed by atoms with E-state index in [1.807, 2.05) is 36.6 Å². The Bertz CT molecular complexity index is 673. The Morgan fingerprint density at radius 1 is 1.32 bits per heavy atom. The smallest absolute Gasteiger partial charge is 0.307 e. The zero-order valence-electron chi connectivity index (χ0n) is 12.8. The zero-order chi connectivity index (χ0) is 15.9. The van der Waals surface area contributed by atoms with Crippen LogP contribution < -0.4 is 14.9 Å². The van der Waals surface area contributed by atoms with Gasteiger partial charge < -0.3 is 14.6 Å². The lowest BCUT2D eigenvalue weighted by Crippen LogP contribution is -2.23. The molecule has 0 atom stereocenters. The summed E-state index contributed by atoms with van der Waals surface area (Å²) >= 11 is 1.20. The molecule has 118 valence electrons. The molecule has 0 spiro atoms. The first-order valence-corrected chi connectivity index (χ1v) is 8.02. The van der Waals surface area contributed by atoms with Gasteiger partial charge in [-0.2, -0.15) is 0 Å². The molecule has 1 N–H and O–H groups in total. The lowest BCUT2D eigenvalue weighted by atomic mass is 10.2. The Morgan fingerprint density at radius 2 is 2.05 bits per heavy atom. The minimum absolute atomic E-state index is 0.00301. The average molecular weight is 320 g/mol. The van der Waals surface area contributed by atoms with Gasteiger partial charge in [-0.3, -0.25) is 9.59 Å². The third kappa shape index (κ3) is 4.46. The molecule has 0 aliphatic rings. The summed E-state index contributed by atoms with van der Waals surface area (Å²) in [4.78, 5) is 23.4. The fraction of sp³-hybridized carbons (Fsp3) is 0.375. The summed E-state index contributed by atoms with van der Waals surface area (Å²) in [6.07, 6.45) is 1.07. The highest BCUT2D eigenvalue weighted by molar-refractivity contribution is 7.07. The molecule has 0 fully saturated rings. The molecule has 0 saturated heterocycles. The third-order valence-corrected chi connectivity index (χ3v) is 4.29. The van der Waals surface area contributed by atoms with Gasteiger partial charge in [0, 0.05) is 30.6 Å². The Labute approximate surface area is 133 Å². The molecule has 0 radical (unpaired) electrons. The zero-order valence-corrected chi connectivity index (χ0v) is 13.6. The van der Waals surface area contributed by atoms with Crippen LogP contribution in [-0.2, 0) is 17.9 Å². The molecule has 0 unspecified atom stereocenters. The standard InChI is InChI=1S/C16H20N2O3S/c1-12-11-22-16(20)18(12)9-3-4-15(19)17-10-13-5-7-14(21-2)8-6-13/h5-8,11H,3-4,9-10H2,1-2H3,(H,17,19). The normalized spacial score (nSPS) is 10.5. The number of benzene rings is 1. The Morgan fingerprint density at radius 3 is 2.64 bits per heavy atom. The molecule has 1 amide bonds. The first kappa shape index (κ1) is 16.3. The number of hydrogen-bond donors (Lipinski definition) is 1. The van der Waals surface area contributed by atoms with Crippen LogP contribution >= 0.6 is 11.3 Å². The van der Waals surface area contributed by atoms with Crippen LogP contribution in [0.1, 0.15) is 24.1 Å². The predicted octanol–water partition coefficient (Wildman–Crippen LogP) is 2.32. The van der Waals surface area contributed by atoms with Crippen LogP contribution in [0.15, 0.2) is 34.4 Å². The van der Waals surface area contributed by atoms with Gasteiger partial charge >= 0.3 is 4.87 Å². The number of hydrogen-bond acceptors (Lipinski definition) is 4. The summed E-state index contributed by atoms with van der Waals surface area (Å²) in [5, 5.41) is 4.72. The molecule has 6 heteroatoms. The van der Waals surface area contributed by atoms with Crippen molar-refractivity contribution in [3.63, 3.8) is 0 Å². The predicted molar refractivity (Wildman–Crippen MR) is 87.4 cm³/mol. The van der Waals surface area contributed by atoms with E-state index in [0.29, 0.717) is 25.9 Å². The second kappa shape index (κ2) is 7.79. The maximum atomic E-state index is 11.8. The van der Waals surface area contributed by atoms with E-state index in [1.54, 1.807) is 11.7 Å². The van der Waals surface area contributed by atoms with Crippen LogP contribution in [0.5, 0.6) is 5.75 Å². The van der Waals surface area contributed by atoms with Crippen LogP contribution in [0.25, 0.3) is 0 Å². The minimum Gasteiger partial charge on any atom is -0.497 e. The summed E-state index contributed by atoms with van der Waals surface area (Å²) in [6.45, 7) is 2.99. The van der Waals surface area contributed by atoms with E-state index in [1.165, 1.54) is 11.3 Å². The summed E-state index contributed by atoms with van der Waals surface area (Å²) in [5.41, 5.74) is 1.98. The Balaban J connectivity index is 1.72. The number of aryl methyl sites for hydroxylation is 1. The number of aromatic nitrogens is 1. The fourth-order valence-corrected chi connectivity index (χ4v) is 2.87. The second-order valence-corrected chi connectivity index (χ2v) is 5.84. The maximum absolute atomic E-state index is 11.8. The summed E-state index contributed by atoms with van der Waals surface area (Å²) < 4.78 is 6.80. The van der Waals surface area contributed by atoms with E-state index in [-0.39, 0.29) is 10.8 Å². The van der Waals surface area contributed by atoms with Crippen molar-refractivity contribution in [1.29, 1.82) is 0 Å². The summed E-state index contributed by atoms with van der Waals surface area (Å²) in [7, 11) is 1.62. The van der Waals surface area contributed by atoms with Gasteiger partial charge in [-0.25, -0.2) is 0 Å². The monoisotopic (exact) mass is 320 g/mol. The number of rotatable bonds is 7. The molecule has 1 aromatic heterocycles. The van der Waals surface area contributed by atoms with Gasteiger partial charge in [0.15, 0.2) is 0 Å². The highest BCUT2D eigenvalue weighted by Crippen LogP contribution is 2.11. The van der Waals surface area contributed by atoms with Crippen molar-refractivity contribution in [3.8, 4) is 5.75 Å². The van der Waals surface area contributed by atoms with E-state index >= 15 is 0 Å². The number of methoxy groups -OCH3 is 1. The summed E-state index contributed by atoms with van der Waals surface area (Å²) in [6, 6.07) is 7.58. The second-order valence-electron chi connectivity index (χ2n) is 5.02. The molecule has 2 rings (SSSR count). The van der Waals surface area contributed by atoms with Crippen LogP contribution in [0, 0.1) is 6.92 Å². The van der Waals surface area contributed by atoms with Crippen LogP contribution in [-0.4, -0.2) is 17.6 Å². The fourth-order valence-electron chi connectivity index (χ4n) is 2.10. The van der Waals surface area contributed by atoms with Crippen molar-refractivity contribution in [1.82, 2.24) is 9.88 Å². The molecule has 1 aromatic carbocycles. The molecular formula is C16H20N2O3S. The Kier molecular flexibility index (Phi) is 5.77. The molecule has 2 aromatic rings. The maximum Gasteiger partial charge on any atom is 0.307 e.